The Bertz CT molecular complexity index is 1160. The second kappa shape index (κ2) is 6.66. The zero-order valence-electron chi connectivity index (χ0n) is 14.2. The maximum atomic E-state index is 14.0. The number of aryl methyl sites for hydroxylation is 1. The molecule has 0 aliphatic heterocycles. The Morgan fingerprint density at radius 2 is 1.93 bits per heavy atom. The SMILES string of the molecule is COc1cc2sc(-c3cc(C)cc4cnc(OC(F)F)nc34)nc2cc1F. The number of halogens is 3. The van der Waals surface area contributed by atoms with Gasteiger partial charge in [-0.15, -0.1) is 11.3 Å². The molecule has 138 valence electrons. The lowest BCUT2D eigenvalue weighted by molar-refractivity contribution is -0.0558. The summed E-state index contributed by atoms with van der Waals surface area (Å²) in [5, 5.41) is 1.24. The number of methoxy groups -OCH3 is 1. The van der Waals surface area contributed by atoms with E-state index in [1.165, 1.54) is 30.7 Å². The lowest BCUT2D eigenvalue weighted by atomic mass is 10.1. The summed E-state index contributed by atoms with van der Waals surface area (Å²) < 4.78 is 49.0. The van der Waals surface area contributed by atoms with Crippen LogP contribution in [0.15, 0.2) is 30.5 Å². The smallest absolute Gasteiger partial charge is 0.389 e. The third-order valence-electron chi connectivity index (χ3n) is 3.89. The maximum absolute atomic E-state index is 14.0. The van der Waals surface area contributed by atoms with Gasteiger partial charge in [-0.05, 0) is 24.6 Å². The van der Waals surface area contributed by atoms with Crippen LogP contribution in [-0.4, -0.2) is 28.7 Å². The number of rotatable bonds is 4. The topological polar surface area (TPSA) is 57.1 Å². The minimum Gasteiger partial charge on any atom is -0.494 e. The van der Waals surface area contributed by atoms with Gasteiger partial charge in [0.1, 0.15) is 5.01 Å². The number of aromatic nitrogens is 3. The molecule has 0 aliphatic carbocycles. The Morgan fingerprint density at radius 1 is 1.11 bits per heavy atom. The van der Waals surface area contributed by atoms with Crippen molar-refractivity contribution in [2.45, 2.75) is 13.5 Å². The number of hydrogen-bond donors (Lipinski definition) is 0. The molecule has 2 aromatic heterocycles. The van der Waals surface area contributed by atoms with Crippen LogP contribution in [0, 0.1) is 12.7 Å². The molecule has 4 aromatic rings. The first-order valence-electron chi connectivity index (χ1n) is 7.81. The third kappa shape index (κ3) is 3.25. The van der Waals surface area contributed by atoms with E-state index in [0.29, 0.717) is 27.0 Å². The number of ether oxygens (including phenoxy) is 2. The van der Waals surface area contributed by atoms with Crippen molar-refractivity contribution < 1.29 is 22.6 Å². The van der Waals surface area contributed by atoms with E-state index in [9.17, 15) is 13.2 Å². The number of benzene rings is 2. The molecule has 0 atom stereocenters. The molecule has 0 spiro atoms. The summed E-state index contributed by atoms with van der Waals surface area (Å²) in [4.78, 5) is 12.4. The quantitative estimate of drug-likeness (QED) is 0.492. The molecule has 0 aliphatic rings. The molecule has 0 N–H and O–H groups in total. The molecule has 0 fully saturated rings. The van der Waals surface area contributed by atoms with Gasteiger partial charge in [0.2, 0.25) is 0 Å². The predicted molar refractivity (Wildman–Crippen MR) is 96.0 cm³/mol. The fourth-order valence-corrected chi connectivity index (χ4v) is 3.77. The summed E-state index contributed by atoms with van der Waals surface area (Å²) in [6.45, 7) is -1.13. The Labute approximate surface area is 155 Å². The third-order valence-corrected chi connectivity index (χ3v) is 4.94. The average Bonchev–Trinajstić information content (AvgIpc) is 3.02. The zero-order valence-corrected chi connectivity index (χ0v) is 15.0. The van der Waals surface area contributed by atoms with Crippen molar-refractivity contribution in [3.05, 3.63) is 41.8 Å². The largest absolute Gasteiger partial charge is 0.494 e. The summed E-state index contributed by atoms with van der Waals surface area (Å²) in [6.07, 6.45) is 1.42. The Morgan fingerprint density at radius 3 is 2.67 bits per heavy atom. The van der Waals surface area contributed by atoms with Gasteiger partial charge in [-0.25, -0.2) is 14.4 Å². The molecule has 2 heterocycles. The lowest BCUT2D eigenvalue weighted by Crippen LogP contribution is -2.05. The summed E-state index contributed by atoms with van der Waals surface area (Å²) in [5.41, 5.74) is 2.46. The molecule has 27 heavy (non-hydrogen) atoms. The fraction of sp³-hybridized carbons (Fsp3) is 0.167. The second-order valence-corrected chi connectivity index (χ2v) is 6.79. The number of fused-ring (bicyclic) bond motifs is 2. The second-order valence-electron chi connectivity index (χ2n) is 5.75. The van der Waals surface area contributed by atoms with Crippen molar-refractivity contribution in [2.75, 3.05) is 7.11 Å². The van der Waals surface area contributed by atoms with Gasteiger partial charge in [0.15, 0.2) is 11.6 Å². The van der Waals surface area contributed by atoms with Crippen LogP contribution in [0.2, 0.25) is 0 Å². The van der Waals surface area contributed by atoms with Crippen LogP contribution in [0.4, 0.5) is 13.2 Å². The Kier molecular flexibility index (Phi) is 4.31. The van der Waals surface area contributed by atoms with E-state index >= 15 is 0 Å². The monoisotopic (exact) mass is 391 g/mol. The van der Waals surface area contributed by atoms with Crippen LogP contribution < -0.4 is 9.47 Å². The van der Waals surface area contributed by atoms with Gasteiger partial charge < -0.3 is 9.47 Å². The first-order chi connectivity index (χ1) is 12.9. The Balaban J connectivity index is 1.92. The normalized spacial score (nSPS) is 11.5. The first kappa shape index (κ1) is 17.5. The van der Waals surface area contributed by atoms with Crippen molar-refractivity contribution in [1.82, 2.24) is 15.0 Å². The van der Waals surface area contributed by atoms with E-state index in [1.54, 1.807) is 6.07 Å². The van der Waals surface area contributed by atoms with Crippen molar-refractivity contribution in [3.8, 4) is 22.3 Å². The van der Waals surface area contributed by atoms with Gasteiger partial charge in [-0.2, -0.15) is 13.8 Å². The first-order valence-corrected chi connectivity index (χ1v) is 8.63. The summed E-state index contributed by atoms with van der Waals surface area (Å²) in [6, 6.07) is 6.13. The number of thiazole rings is 1. The van der Waals surface area contributed by atoms with E-state index in [2.05, 4.69) is 19.7 Å². The van der Waals surface area contributed by atoms with Crippen LogP contribution in [-0.2, 0) is 0 Å². The highest BCUT2D eigenvalue weighted by Crippen LogP contribution is 2.37. The fourth-order valence-electron chi connectivity index (χ4n) is 2.78. The van der Waals surface area contributed by atoms with Gasteiger partial charge in [-0.1, -0.05) is 0 Å². The van der Waals surface area contributed by atoms with E-state index in [-0.39, 0.29) is 5.75 Å². The molecule has 0 bridgehead atoms. The lowest BCUT2D eigenvalue weighted by Gasteiger charge is -2.07. The number of alkyl halides is 2. The number of nitrogens with zero attached hydrogens (tertiary/aromatic N) is 3. The standard InChI is InChI=1S/C18H12F3N3O2S/c1-8-3-9-7-22-18(26-17(20)21)24-15(9)10(4-8)16-23-12-5-11(19)13(25-2)6-14(12)27-16/h3-7,17H,1-2H3. The molecule has 9 heteroatoms. The molecule has 0 amide bonds. The molecule has 4 rings (SSSR count). The molecular formula is C18H12F3N3O2S. The van der Waals surface area contributed by atoms with Gasteiger partial charge in [0.05, 0.1) is 22.8 Å². The van der Waals surface area contributed by atoms with Crippen molar-refractivity contribution in [1.29, 1.82) is 0 Å². The number of hydrogen-bond acceptors (Lipinski definition) is 6. The molecule has 0 saturated heterocycles. The van der Waals surface area contributed by atoms with Crippen LogP contribution in [0.25, 0.3) is 31.7 Å². The van der Waals surface area contributed by atoms with Gasteiger partial charge in [-0.3, -0.25) is 0 Å². The van der Waals surface area contributed by atoms with Crippen molar-refractivity contribution in [3.63, 3.8) is 0 Å². The van der Waals surface area contributed by atoms with Crippen molar-refractivity contribution >= 4 is 32.5 Å². The van der Waals surface area contributed by atoms with E-state index < -0.39 is 18.4 Å². The summed E-state index contributed by atoms with van der Waals surface area (Å²) in [5.74, 6) is -0.382. The minimum atomic E-state index is -3.02. The van der Waals surface area contributed by atoms with E-state index in [0.717, 1.165) is 10.3 Å². The predicted octanol–water partition coefficient (Wildman–Crippen LogP) is 4.96. The van der Waals surface area contributed by atoms with Crippen molar-refractivity contribution in [2.24, 2.45) is 0 Å². The average molecular weight is 391 g/mol. The highest BCUT2D eigenvalue weighted by molar-refractivity contribution is 7.21. The Hall–Kier alpha value is -2.94. The van der Waals surface area contributed by atoms with Gasteiger partial charge in [0, 0.05) is 29.3 Å². The highest BCUT2D eigenvalue weighted by atomic mass is 32.1. The van der Waals surface area contributed by atoms with E-state index in [1.807, 2.05) is 19.1 Å². The molecule has 2 aromatic carbocycles. The summed E-state index contributed by atoms with van der Waals surface area (Å²) in [7, 11) is 1.39. The van der Waals surface area contributed by atoms with Gasteiger partial charge >= 0.3 is 12.6 Å². The van der Waals surface area contributed by atoms with Gasteiger partial charge in [0.25, 0.3) is 0 Å². The molecule has 0 unspecified atom stereocenters. The molecule has 0 saturated carbocycles. The maximum Gasteiger partial charge on any atom is 0.389 e. The molecule has 5 nitrogen and oxygen atoms in total. The molecule has 0 radical (unpaired) electrons. The summed E-state index contributed by atoms with van der Waals surface area (Å²) >= 11 is 1.32. The molecular weight excluding hydrogens is 379 g/mol. The van der Waals surface area contributed by atoms with E-state index in [4.69, 9.17) is 4.74 Å². The van der Waals surface area contributed by atoms with Crippen LogP contribution in [0.3, 0.4) is 0 Å². The highest BCUT2D eigenvalue weighted by Gasteiger charge is 2.16. The van der Waals surface area contributed by atoms with Crippen LogP contribution in [0.1, 0.15) is 5.56 Å². The minimum absolute atomic E-state index is 0.127. The zero-order chi connectivity index (χ0) is 19.1. The van der Waals surface area contributed by atoms with Crippen LogP contribution in [0.5, 0.6) is 11.8 Å². The van der Waals surface area contributed by atoms with Crippen LogP contribution >= 0.6 is 11.3 Å².